The summed E-state index contributed by atoms with van der Waals surface area (Å²) in [6, 6.07) is 5.28. The van der Waals surface area contributed by atoms with E-state index in [0.29, 0.717) is 16.2 Å². The Bertz CT molecular complexity index is 541. The zero-order valence-electron chi connectivity index (χ0n) is 8.03. The standard InChI is InChI=1S/C10H11NO2S/c1-6-3-4-8-9(5-6)14(12,13)7(2)10(8)11/h3-5H,11H2,1-2H3. The summed E-state index contributed by atoms with van der Waals surface area (Å²) in [7, 11) is -3.30. The Morgan fingerprint density at radius 3 is 2.50 bits per heavy atom. The SMILES string of the molecule is CC1=C(N)c2ccc(C)cc2S1(=O)=O. The van der Waals surface area contributed by atoms with Crippen molar-refractivity contribution in [3.63, 3.8) is 0 Å². The summed E-state index contributed by atoms with van der Waals surface area (Å²) in [6.45, 7) is 3.40. The van der Waals surface area contributed by atoms with Crippen LogP contribution in [0.5, 0.6) is 0 Å². The van der Waals surface area contributed by atoms with Crippen LogP contribution in [-0.4, -0.2) is 8.42 Å². The number of hydrogen-bond donors (Lipinski definition) is 1. The van der Waals surface area contributed by atoms with Gasteiger partial charge in [0, 0.05) is 5.56 Å². The first-order chi connectivity index (χ1) is 6.44. The van der Waals surface area contributed by atoms with E-state index >= 15 is 0 Å². The molecule has 4 heteroatoms. The molecule has 0 fully saturated rings. The molecular weight excluding hydrogens is 198 g/mol. The van der Waals surface area contributed by atoms with Crippen LogP contribution in [0.4, 0.5) is 0 Å². The van der Waals surface area contributed by atoms with Gasteiger partial charge < -0.3 is 5.73 Å². The molecule has 0 saturated heterocycles. The minimum absolute atomic E-state index is 0.262. The van der Waals surface area contributed by atoms with E-state index in [1.807, 2.05) is 13.0 Å². The van der Waals surface area contributed by atoms with Gasteiger partial charge in [-0.05, 0) is 25.5 Å². The lowest BCUT2D eigenvalue weighted by atomic mass is 10.1. The fourth-order valence-electron chi connectivity index (χ4n) is 1.57. The van der Waals surface area contributed by atoms with Gasteiger partial charge in [0.15, 0.2) is 0 Å². The molecule has 0 aliphatic carbocycles. The van der Waals surface area contributed by atoms with E-state index in [-0.39, 0.29) is 4.91 Å². The van der Waals surface area contributed by atoms with Gasteiger partial charge in [0.25, 0.3) is 0 Å². The molecule has 0 spiro atoms. The van der Waals surface area contributed by atoms with Gasteiger partial charge in [-0.25, -0.2) is 8.42 Å². The third-order valence-electron chi connectivity index (χ3n) is 2.50. The number of aryl methyl sites for hydroxylation is 1. The predicted octanol–water partition coefficient (Wildman–Crippen LogP) is 1.43. The van der Waals surface area contributed by atoms with Crippen LogP contribution >= 0.6 is 0 Å². The van der Waals surface area contributed by atoms with E-state index in [9.17, 15) is 8.42 Å². The Hall–Kier alpha value is -1.29. The van der Waals surface area contributed by atoms with Crippen molar-refractivity contribution in [3.05, 3.63) is 34.2 Å². The van der Waals surface area contributed by atoms with Gasteiger partial charge in [-0.1, -0.05) is 12.1 Å². The van der Waals surface area contributed by atoms with Gasteiger partial charge in [-0.2, -0.15) is 0 Å². The zero-order valence-corrected chi connectivity index (χ0v) is 8.85. The van der Waals surface area contributed by atoms with Crippen molar-refractivity contribution in [2.45, 2.75) is 18.7 Å². The van der Waals surface area contributed by atoms with E-state index in [0.717, 1.165) is 5.56 Å². The fourth-order valence-corrected chi connectivity index (χ4v) is 3.11. The minimum Gasteiger partial charge on any atom is -0.397 e. The van der Waals surface area contributed by atoms with Crippen LogP contribution in [0.25, 0.3) is 5.70 Å². The molecule has 74 valence electrons. The van der Waals surface area contributed by atoms with Crippen molar-refractivity contribution in [1.82, 2.24) is 0 Å². The third kappa shape index (κ3) is 1.00. The van der Waals surface area contributed by atoms with Gasteiger partial charge in [0.05, 0.1) is 15.5 Å². The second-order valence-corrected chi connectivity index (χ2v) is 5.53. The topological polar surface area (TPSA) is 60.2 Å². The second kappa shape index (κ2) is 2.60. The number of fused-ring (bicyclic) bond motifs is 1. The maximum absolute atomic E-state index is 11.8. The smallest absolute Gasteiger partial charge is 0.205 e. The van der Waals surface area contributed by atoms with Crippen molar-refractivity contribution in [3.8, 4) is 0 Å². The van der Waals surface area contributed by atoms with E-state index in [1.54, 1.807) is 19.1 Å². The molecule has 0 atom stereocenters. The number of allylic oxidation sites excluding steroid dienone is 1. The molecule has 0 radical (unpaired) electrons. The molecule has 1 aliphatic heterocycles. The first-order valence-corrected chi connectivity index (χ1v) is 5.75. The molecule has 1 aromatic rings. The highest BCUT2D eigenvalue weighted by Gasteiger charge is 2.31. The Morgan fingerprint density at radius 1 is 1.21 bits per heavy atom. The summed E-state index contributed by atoms with van der Waals surface area (Å²) in [6.07, 6.45) is 0. The molecule has 0 aromatic heterocycles. The molecule has 0 unspecified atom stereocenters. The van der Waals surface area contributed by atoms with Gasteiger partial charge in [0.2, 0.25) is 9.84 Å². The average molecular weight is 209 g/mol. The van der Waals surface area contributed by atoms with Gasteiger partial charge in [-0.15, -0.1) is 0 Å². The molecule has 1 aromatic carbocycles. The zero-order chi connectivity index (χ0) is 10.5. The second-order valence-electron chi connectivity index (χ2n) is 3.47. The highest BCUT2D eigenvalue weighted by molar-refractivity contribution is 7.95. The molecule has 3 nitrogen and oxygen atoms in total. The third-order valence-corrected chi connectivity index (χ3v) is 4.44. The molecule has 0 saturated carbocycles. The Morgan fingerprint density at radius 2 is 1.86 bits per heavy atom. The minimum atomic E-state index is -3.30. The lowest BCUT2D eigenvalue weighted by Crippen LogP contribution is -1.98. The van der Waals surface area contributed by atoms with Crippen molar-refractivity contribution >= 4 is 15.5 Å². The summed E-state index contributed by atoms with van der Waals surface area (Å²) in [5.41, 5.74) is 7.65. The van der Waals surface area contributed by atoms with Crippen LogP contribution in [0.15, 0.2) is 28.0 Å². The Kier molecular flexibility index (Phi) is 1.72. The molecule has 2 rings (SSSR count). The highest BCUT2D eigenvalue weighted by Crippen LogP contribution is 2.36. The Balaban J connectivity index is 2.87. The Labute approximate surface area is 83.2 Å². The predicted molar refractivity (Wildman–Crippen MR) is 55.1 cm³/mol. The van der Waals surface area contributed by atoms with Crippen LogP contribution in [0, 0.1) is 6.92 Å². The molecule has 1 heterocycles. The van der Waals surface area contributed by atoms with Crippen LogP contribution in [0.3, 0.4) is 0 Å². The van der Waals surface area contributed by atoms with Crippen LogP contribution in [0.2, 0.25) is 0 Å². The van der Waals surface area contributed by atoms with Crippen molar-refractivity contribution in [1.29, 1.82) is 0 Å². The number of benzene rings is 1. The van der Waals surface area contributed by atoms with Gasteiger partial charge in [-0.3, -0.25) is 0 Å². The van der Waals surface area contributed by atoms with Crippen molar-refractivity contribution in [2.24, 2.45) is 5.73 Å². The van der Waals surface area contributed by atoms with E-state index in [1.165, 1.54) is 0 Å². The molecule has 2 N–H and O–H groups in total. The number of hydrogen-bond acceptors (Lipinski definition) is 3. The summed E-state index contributed by atoms with van der Waals surface area (Å²) in [5.74, 6) is 0. The van der Waals surface area contributed by atoms with Gasteiger partial charge in [0.1, 0.15) is 0 Å². The maximum Gasteiger partial charge on any atom is 0.205 e. The number of nitrogens with two attached hydrogens (primary N) is 1. The quantitative estimate of drug-likeness (QED) is 0.703. The first kappa shape index (κ1) is 9.27. The van der Waals surface area contributed by atoms with Crippen LogP contribution < -0.4 is 5.73 Å². The molecule has 14 heavy (non-hydrogen) atoms. The summed E-state index contributed by atoms with van der Waals surface area (Å²) in [4.78, 5) is 0.602. The normalized spacial score (nSPS) is 18.4. The van der Waals surface area contributed by atoms with E-state index in [2.05, 4.69) is 0 Å². The molecule has 1 aliphatic rings. The van der Waals surface area contributed by atoms with Crippen molar-refractivity contribution < 1.29 is 8.42 Å². The molecule has 0 amide bonds. The van der Waals surface area contributed by atoms with E-state index < -0.39 is 9.84 Å². The van der Waals surface area contributed by atoms with Gasteiger partial charge >= 0.3 is 0 Å². The lowest BCUT2D eigenvalue weighted by molar-refractivity contribution is 0.603. The molecule has 0 bridgehead atoms. The first-order valence-electron chi connectivity index (χ1n) is 4.27. The lowest BCUT2D eigenvalue weighted by Gasteiger charge is -2.00. The summed E-state index contributed by atoms with van der Waals surface area (Å²) >= 11 is 0. The molecular formula is C10H11NO2S. The highest BCUT2D eigenvalue weighted by atomic mass is 32.2. The summed E-state index contributed by atoms with van der Waals surface area (Å²) in [5, 5.41) is 0. The number of sulfone groups is 1. The average Bonchev–Trinajstić information content (AvgIpc) is 2.29. The number of rotatable bonds is 0. The van der Waals surface area contributed by atoms with Crippen LogP contribution in [-0.2, 0) is 9.84 Å². The monoisotopic (exact) mass is 209 g/mol. The largest absolute Gasteiger partial charge is 0.397 e. The maximum atomic E-state index is 11.8. The van der Waals surface area contributed by atoms with Crippen LogP contribution in [0.1, 0.15) is 18.1 Å². The van der Waals surface area contributed by atoms with E-state index in [4.69, 9.17) is 5.73 Å². The fraction of sp³-hybridized carbons (Fsp3) is 0.200. The van der Waals surface area contributed by atoms with Crippen molar-refractivity contribution in [2.75, 3.05) is 0 Å². The summed E-state index contributed by atoms with van der Waals surface area (Å²) < 4.78 is 23.6.